The number of morpholine rings is 1. The number of rotatable bonds is 4. The molecule has 2 aliphatic heterocycles. The minimum Gasteiger partial charge on any atom is -0.381 e. The lowest BCUT2D eigenvalue weighted by Gasteiger charge is -2.33. The van der Waals surface area contributed by atoms with Crippen molar-refractivity contribution in [2.75, 3.05) is 44.8 Å². The molecular formula is C18H29Cl2N3O3. The summed E-state index contributed by atoms with van der Waals surface area (Å²) in [5.41, 5.74) is 7.42. The van der Waals surface area contributed by atoms with Crippen molar-refractivity contribution < 1.29 is 14.3 Å². The highest BCUT2D eigenvalue weighted by Gasteiger charge is 2.35. The Morgan fingerprint density at radius 1 is 1.08 bits per heavy atom. The van der Waals surface area contributed by atoms with Crippen LogP contribution in [0, 0.1) is 0 Å². The van der Waals surface area contributed by atoms with E-state index in [1.54, 1.807) is 0 Å². The molecule has 1 unspecified atom stereocenters. The maximum absolute atomic E-state index is 12.4. The fourth-order valence-electron chi connectivity index (χ4n) is 3.24. The Bertz CT molecular complexity index is 559. The van der Waals surface area contributed by atoms with Crippen LogP contribution in [-0.4, -0.2) is 55.9 Å². The molecular weight excluding hydrogens is 377 g/mol. The summed E-state index contributed by atoms with van der Waals surface area (Å²) in [6.07, 6.45) is 1.12. The molecule has 1 amide bonds. The number of anilines is 1. The van der Waals surface area contributed by atoms with Crippen molar-refractivity contribution >= 4 is 36.4 Å². The zero-order chi connectivity index (χ0) is 17.0. The van der Waals surface area contributed by atoms with Crippen LogP contribution in [0.25, 0.3) is 0 Å². The van der Waals surface area contributed by atoms with Crippen molar-refractivity contribution in [2.24, 2.45) is 5.73 Å². The normalized spacial score (nSPS) is 21.0. The van der Waals surface area contributed by atoms with Gasteiger partial charge in [-0.1, -0.05) is 12.1 Å². The number of amides is 1. The van der Waals surface area contributed by atoms with Gasteiger partial charge in [0.05, 0.1) is 13.2 Å². The molecule has 3 rings (SSSR count). The maximum Gasteiger partial charge on any atom is 0.244 e. The number of nitrogens with one attached hydrogen (secondary N) is 1. The van der Waals surface area contributed by atoms with Crippen molar-refractivity contribution in [3.8, 4) is 0 Å². The largest absolute Gasteiger partial charge is 0.381 e. The van der Waals surface area contributed by atoms with E-state index in [0.29, 0.717) is 32.1 Å². The van der Waals surface area contributed by atoms with Crippen molar-refractivity contribution in [2.45, 2.75) is 31.3 Å². The zero-order valence-electron chi connectivity index (χ0n) is 15.1. The first-order valence-electron chi connectivity index (χ1n) is 8.68. The van der Waals surface area contributed by atoms with Gasteiger partial charge in [0.1, 0.15) is 5.54 Å². The Kier molecular flexibility index (Phi) is 9.30. The highest BCUT2D eigenvalue weighted by molar-refractivity contribution is 5.98. The van der Waals surface area contributed by atoms with Gasteiger partial charge in [-0.25, -0.2) is 0 Å². The van der Waals surface area contributed by atoms with Gasteiger partial charge in [-0.15, -0.1) is 24.8 Å². The Morgan fingerprint density at radius 2 is 1.62 bits per heavy atom. The van der Waals surface area contributed by atoms with Crippen LogP contribution in [0.4, 0.5) is 5.69 Å². The van der Waals surface area contributed by atoms with Crippen molar-refractivity contribution in [3.05, 3.63) is 29.8 Å². The molecule has 0 spiro atoms. The van der Waals surface area contributed by atoms with Gasteiger partial charge >= 0.3 is 0 Å². The molecule has 0 radical (unpaired) electrons. The predicted octanol–water partition coefficient (Wildman–Crippen LogP) is 2.37. The second-order valence-electron chi connectivity index (χ2n) is 6.67. The number of hydrogen-bond donors (Lipinski definition) is 2. The van der Waals surface area contributed by atoms with E-state index in [9.17, 15) is 4.79 Å². The number of halogens is 2. The summed E-state index contributed by atoms with van der Waals surface area (Å²) >= 11 is 0. The molecule has 2 aliphatic rings. The van der Waals surface area contributed by atoms with Crippen LogP contribution in [0.15, 0.2) is 24.3 Å². The average Bonchev–Trinajstić information content (AvgIpc) is 2.63. The molecule has 0 aromatic heterocycles. The van der Waals surface area contributed by atoms with Gasteiger partial charge in [0.15, 0.2) is 0 Å². The summed E-state index contributed by atoms with van der Waals surface area (Å²) < 4.78 is 10.7. The summed E-state index contributed by atoms with van der Waals surface area (Å²) in [6.45, 7) is 6.78. The van der Waals surface area contributed by atoms with E-state index in [4.69, 9.17) is 15.2 Å². The number of carbonyl (C=O) groups is 1. The predicted molar refractivity (Wildman–Crippen MR) is 107 cm³/mol. The molecule has 0 saturated carbocycles. The van der Waals surface area contributed by atoms with Gasteiger partial charge in [-0.2, -0.15) is 0 Å². The molecule has 3 N–H and O–H groups in total. The Morgan fingerprint density at radius 3 is 2.19 bits per heavy atom. The first kappa shape index (κ1) is 23.1. The fourth-order valence-corrected chi connectivity index (χ4v) is 3.24. The van der Waals surface area contributed by atoms with Gasteiger partial charge < -0.3 is 20.5 Å². The van der Waals surface area contributed by atoms with Gasteiger partial charge in [0.25, 0.3) is 0 Å². The number of hydrogen-bond acceptors (Lipinski definition) is 5. The number of ether oxygens (including phenoxy) is 2. The number of carbonyl (C=O) groups excluding carboxylic acids is 1. The second-order valence-corrected chi connectivity index (χ2v) is 6.67. The Balaban J connectivity index is 0.00000169. The van der Waals surface area contributed by atoms with Crippen LogP contribution < -0.4 is 11.1 Å². The summed E-state index contributed by atoms with van der Waals surface area (Å²) in [5, 5.41) is 2.94. The highest BCUT2D eigenvalue weighted by Crippen LogP contribution is 2.24. The average molecular weight is 406 g/mol. The first-order valence-corrected chi connectivity index (χ1v) is 8.68. The van der Waals surface area contributed by atoms with E-state index in [0.717, 1.165) is 32.0 Å². The zero-order valence-corrected chi connectivity index (χ0v) is 16.7. The molecule has 26 heavy (non-hydrogen) atoms. The van der Waals surface area contributed by atoms with Crippen LogP contribution in [0.3, 0.4) is 0 Å². The van der Waals surface area contributed by atoms with E-state index in [-0.39, 0.29) is 30.7 Å². The van der Waals surface area contributed by atoms with Gasteiger partial charge in [-0.05, 0) is 37.5 Å². The summed E-state index contributed by atoms with van der Waals surface area (Å²) in [4.78, 5) is 14.9. The first-order chi connectivity index (χ1) is 11.6. The van der Waals surface area contributed by atoms with E-state index >= 15 is 0 Å². The molecule has 6 nitrogen and oxygen atoms in total. The molecule has 1 atom stereocenters. The van der Waals surface area contributed by atoms with Crippen molar-refractivity contribution in [1.82, 2.24) is 4.90 Å². The minimum absolute atomic E-state index is 0. The molecule has 148 valence electrons. The Labute approximate surface area is 167 Å². The molecule has 1 aromatic carbocycles. The smallest absolute Gasteiger partial charge is 0.244 e. The third-order valence-electron chi connectivity index (χ3n) is 5.08. The lowest BCUT2D eigenvalue weighted by Crippen LogP contribution is -2.54. The lowest BCUT2D eigenvalue weighted by molar-refractivity contribution is -0.124. The third-order valence-corrected chi connectivity index (χ3v) is 5.08. The fraction of sp³-hybridized carbons (Fsp3) is 0.611. The molecule has 2 heterocycles. The van der Waals surface area contributed by atoms with Crippen LogP contribution in [-0.2, 0) is 14.3 Å². The topological polar surface area (TPSA) is 76.8 Å². The SMILES string of the molecule is CC(c1ccc(NC(=O)C2(N)CCOCC2)cc1)N1CCOCC1.Cl.Cl. The van der Waals surface area contributed by atoms with E-state index in [1.165, 1.54) is 5.56 Å². The van der Waals surface area contributed by atoms with Crippen LogP contribution in [0.2, 0.25) is 0 Å². The minimum atomic E-state index is -0.821. The molecule has 8 heteroatoms. The molecule has 2 saturated heterocycles. The van der Waals surface area contributed by atoms with Crippen LogP contribution >= 0.6 is 24.8 Å². The summed E-state index contributed by atoms with van der Waals surface area (Å²) in [6, 6.07) is 8.39. The van der Waals surface area contributed by atoms with Crippen molar-refractivity contribution in [1.29, 1.82) is 0 Å². The standard InChI is InChI=1S/C18H27N3O3.2ClH/c1-14(21-8-12-24-13-9-21)15-2-4-16(5-3-15)20-17(22)18(19)6-10-23-11-7-18;;/h2-5,14H,6-13,19H2,1H3,(H,20,22);2*1H. The van der Waals surface area contributed by atoms with Crippen LogP contribution in [0.1, 0.15) is 31.4 Å². The molecule has 1 aromatic rings. The molecule has 0 bridgehead atoms. The van der Waals surface area contributed by atoms with Crippen LogP contribution in [0.5, 0.6) is 0 Å². The summed E-state index contributed by atoms with van der Waals surface area (Å²) in [7, 11) is 0. The van der Waals surface area contributed by atoms with Gasteiger partial charge in [0, 0.05) is 38.0 Å². The second kappa shape index (κ2) is 10.4. The molecule has 2 fully saturated rings. The van der Waals surface area contributed by atoms with Gasteiger partial charge in [-0.3, -0.25) is 9.69 Å². The quantitative estimate of drug-likeness (QED) is 0.803. The maximum atomic E-state index is 12.4. The van der Waals surface area contributed by atoms with Gasteiger partial charge in [0.2, 0.25) is 5.91 Å². The lowest BCUT2D eigenvalue weighted by atomic mass is 9.90. The van der Waals surface area contributed by atoms with E-state index in [2.05, 4.69) is 29.3 Å². The number of benzene rings is 1. The molecule has 0 aliphatic carbocycles. The number of nitrogens with zero attached hydrogens (tertiary/aromatic N) is 1. The number of nitrogens with two attached hydrogens (primary N) is 1. The Hall–Kier alpha value is -0.890. The van der Waals surface area contributed by atoms with Crippen molar-refractivity contribution in [3.63, 3.8) is 0 Å². The third kappa shape index (κ3) is 5.55. The summed E-state index contributed by atoms with van der Waals surface area (Å²) in [5.74, 6) is -0.125. The highest BCUT2D eigenvalue weighted by atomic mass is 35.5. The van der Waals surface area contributed by atoms with E-state index in [1.807, 2.05) is 12.1 Å². The van der Waals surface area contributed by atoms with E-state index < -0.39 is 5.54 Å². The monoisotopic (exact) mass is 405 g/mol.